The fourth-order valence-corrected chi connectivity index (χ4v) is 3.36. The number of benzene rings is 2. The Morgan fingerprint density at radius 3 is 2.75 bits per heavy atom. The number of nitrogens with one attached hydrogen (secondary N) is 2. The van der Waals surface area contributed by atoms with Crippen LogP contribution in [0, 0.1) is 0 Å². The lowest BCUT2D eigenvalue weighted by atomic mass is 10.2. The molecule has 2 amide bonds. The second-order valence-electron chi connectivity index (χ2n) is 6.66. The molecule has 0 atom stereocenters. The molecule has 3 rings (SSSR count). The van der Waals surface area contributed by atoms with Crippen molar-refractivity contribution in [2.75, 3.05) is 26.6 Å². The molecule has 170 valence electrons. The minimum atomic E-state index is -0.470. The molecule has 0 radical (unpaired) electrons. The van der Waals surface area contributed by atoms with Crippen molar-refractivity contribution in [2.45, 2.75) is 20.3 Å². The minimum absolute atomic E-state index is 0.123. The van der Waals surface area contributed by atoms with Gasteiger partial charge in [-0.15, -0.1) is 0 Å². The minimum Gasteiger partial charge on any atom is -0.490 e. The highest BCUT2D eigenvalue weighted by molar-refractivity contribution is 9.10. The van der Waals surface area contributed by atoms with Crippen molar-refractivity contribution in [3.8, 4) is 23.0 Å². The third kappa shape index (κ3) is 6.13. The Morgan fingerprint density at radius 2 is 1.97 bits per heavy atom. The van der Waals surface area contributed by atoms with Gasteiger partial charge in [-0.25, -0.2) is 5.43 Å². The molecule has 10 heteroatoms. The molecular formula is C22H24BrN3O6. The van der Waals surface area contributed by atoms with Gasteiger partial charge < -0.3 is 24.3 Å². The molecule has 0 aromatic heterocycles. The van der Waals surface area contributed by atoms with Crippen LogP contribution in [0.5, 0.6) is 23.0 Å². The topological polar surface area (TPSA) is 107 Å². The summed E-state index contributed by atoms with van der Waals surface area (Å²) in [5.41, 5.74) is 3.45. The van der Waals surface area contributed by atoms with Crippen LogP contribution in [0.2, 0.25) is 0 Å². The van der Waals surface area contributed by atoms with E-state index in [0.717, 1.165) is 10.9 Å². The van der Waals surface area contributed by atoms with Crippen molar-refractivity contribution >= 4 is 34.0 Å². The van der Waals surface area contributed by atoms with Crippen LogP contribution in [0.15, 0.2) is 39.9 Å². The van der Waals surface area contributed by atoms with Crippen LogP contribution in [0.1, 0.15) is 36.2 Å². The smallest absolute Gasteiger partial charge is 0.259 e. The molecule has 0 unspecified atom stereocenters. The summed E-state index contributed by atoms with van der Waals surface area (Å²) in [4.78, 5) is 24.3. The van der Waals surface area contributed by atoms with Crippen LogP contribution in [-0.2, 0) is 4.79 Å². The van der Waals surface area contributed by atoms with Gasteiger partial charge in [0.1, 0.15) is 0 Å². The molecule has 2 N–H and O–H groups in total. The highest BCUT2D eigenvalue weighted by Crippen LogP contribution is 2.36. The van der Waals surface area contributed by atoms with Gasteiger partial charge in [0, 0.05) is 5.56 Å². The molecular weight excluding hydrogens is 482 g/mol. The van der Waals surface area contributed by atoms with Crippen molar-refractivity contribution in [3.63, 3.8) is 0 Å². The molecule has 2 aromatic rings. The molecule has 0 fully saturated rings. The number of fused-ring (bicyclic) bond motifs is 1. The van der Waals surface area contributed by atoms with E-state index in [0.29, 0.717) is 47.3 Å². The van der Waals surface area contributed by atoms with E-state index in [1.807, 2.05) is 19.9 Å². The Morgan fingerprint density at radius 1 is 1.16 bits per heavy atom. The molecule has 1 aliphatic heterocycles. The molecule has 32 heavy (non-hydrogen) atoms. The third-order valence-electron chi connectivity index (χ3n) is 4.23. The monoisotopic (exact) mass is 505 g/mol. The van der Waals surface area contributed by atoms with Crippen molar-refractivity contribution in [1.29, 1.82) is 0 Å². The van der Waals surface area contributed by atoms with Gasteiger partial charge in [-0.3, -0.25) is 9.59 Å². The normalized spacial score (nSPS) is 12.0. The maximum Gasteiger partial charge on any atom is 0.259 e. The van der Waals surface area contributed by atoms with E-state index < -0.39 is 11.8 Å². The summed E-state index contributed by atoms with van der Waals surface area (Å²) in [7, 11) is 0. The van der Waals surface area contributed by atoms with Gasteiger partial charge in [-0.2, -0.15) is 5.10 Å². The Labute approximate surface area is 194 Å². The van der Waals surface area contributed by atoms with Crippen LogP contribution in [-0.4, -0.2) is 44.6 Å². The van der Waals surface area contributed by atoms with Gasteiger partial charge in [0.05, 0.1) is 30.4 Å². The summed E-state index contributed by atoms with van der Waals surface area (Å²) >= 11 is 3.48. The zero-order valence-electron chi connectivity index (χ0n) is 17.8. The van der Waals surface area contributed by atoms with Gasteiger partial charge in [0.15, 0.2) is 23.0 Å². The van der Waals surface area contributed by atoms with E-state index in [9.17, 15) is 9.59 Å². The predicted molar refractivity (Wildman–Crippen MR) is 122 cm³/mol. The van der Waals surface area contributed by atoms with Gasteiger partial charge in [-0.05, 0) is 65.2 Å². The molecule has 0 bridgehead atoms. The predicted octanol–water partition coefficient (Wildman–Crippen LogP) is 3.25. The summed E-state index contributed by atoms with van der Waals surface area (Å²) < 4.78 is 22.6. The Balaban J connectivity index is 1.53. The van der Waals surface area contributed by atoms with Crippen molar-refractivity contribution in [3.05, 3.63) is 45.9 Å². The molecule has 9 nitrogen and oxygen atoms in total. The van der Waals surface area contributed by atoms with E-state index in [1.54, 1.807) is 24.3 Å². The summed E-state index contributed by atoms with van der Waals surface area (Å²) in [5.74, 6) is 1.41. The summed E-state index contributed by atoms with van der Waals surface area (Å²) in [5, 5.41) is 6.48. The van der Waals surface area contributed by atoms with Crippen LogP contribution < -0.4 is 29.7 Å². The molecule has 1 aliphatic rings. The second-order valence-corrected chi connectivity index (χ2v) is 7.51. The van der Waals surface area contributed by atoms with E-state index in [1.165, 1.54) is 6.21 Å². The summed E-state index contributed by atoms with van der Waals surface area (Å²) in [6.45, 7) is 4.85. The SMILES string of the molecule is CCCOc1c(Br)cc(/C=N\NC(=O)CNC(=O)c2ccc3c(c2)OCO3)cc1OCC. The largest absolute Gasteiger partial charge is 0.490 e. The molecule has 0 aliphatic carbocycles. The number of nitrogens with zero attached hydrogens (tertiary/aromatic N) is 1. The zero-order valence-corrected chi connectivity index (χ0v) is 19.4. The first-order valence-electron chi connectivity index (χ1n) is 10.1. The zero-order chi connectivity index (χ0) is 22.9. The highest BCUT2D eigenvalue weighted by atomic mass is 79.9. The van der Waals surface area contributed by atoms with Crippen molar-refractivity contribution in [1.82, 2.24) is 10.7 Å². The van der Waals surface area contributed by atoms with E-state index in [4.69, 9.17) is 18.9 Å². The molecule has 1 heterocycles. The first kappa shape index (κ1) is 23.4. The first-order chi connectivity index (χ1) is 15.5. The maximum absolute atomic E-state index is 12.2. The van der Waals surface area contributed by atoms with E-state index in [-0.39, 0.29) is 13.3 Å². The Bertz CT molecular complexity index is 1010. The Hall–Kier alpha value is -3.27. The van der Waals surface area contributed by atoms with Crippen LogP contribution in [0.25, 0.3) is 0 Å². The number of hydrazone groups is 1. The van der Waals surface area contributed by atoms with Gasteiger partial charge in [0.2, 0.25) is 6.79 Å². The lowest BCUT2D eigenvalue weighted by Crippen LogP contribution is -2.34. The molecule has 2 aromatic carbocycles. The standard InChI is InChI=1S/C22H24BrN3O6/c1-3-7-30-21-16(23)8-14(9-19(21)29-4-2)11-25-26-20(27)12-24-22(28)15-5-6-17-18(10-15)32-13-31-17/h5-6,8-11H,3-4,7,12-13H2,1-2H3,(H,24,28)(H,26,27)/b25-11-. The van der Waals surface area contributed by atoms with Crippen molar-refractivity contribution in [2.24, 2.45) is 5.10 Å². The van der Waals surface area contributed by atoms with E-state index >= 15 is 0 Å². The number of ether oxygens (including phenoxy) is 4. The average Bonchev–Trinajstić information content (AvgIpc) is 3.25. The molecule has 0 saturated carbocycles. The van der Waals surface area contributed by atoms with Crippen LogP contribution in [0.3, 0.4) is 0 Å². The lowest BCUT2D eigenvalue weighted by molar-refractivity contribution is -0.120. The number of carbonyl (C=O) groups is 2. The fourth-order valence-electron chi connectivity index (χ4n) is 2.79. The fraction of sp³-hybridized carbons (Fsp3) is 0.318. The Kier molecular flexibility index (Phi) is 8.32. The quantitative estimate of drug-likeness (QED) is 0.379. The first-order valence-corrected chi connectivity index (χ1v) is 10.9. The number of hydrogen-bond acceptors (Lipinski definition) is 7. The maximum atomic E-state index is 12.2. The number of rotatable bonds is 10. The third-order valence-corrected chi connectivity index (χ3v) is 4.82. The summed E-state index contributed by atoms with van der Waals surface area (Å²) in [6.07, 6.45) is 2.35. The molecule has 0 spiro atoms. The summed E-state index contributed by atoms with van der Waals surface area (Å²) in [6, 6.07) is 8.39. The van der Waals surface area contributed by atoms with Crippen LogP contribution in [0.4, 0.5) is 0 Å². The highest BCUT2D eigenvalue weighted by Gasteiger charge is 2.16. The van der Waals surface area contributed by atoms with Gasteiger partial charge >= 0.3 is 0 Å². The number of halogens is 1. The second kappa shape index (κ2) is 11.4. The average molecular weight is 506 g/mol. The number of carbonyl (C=O) groups excluding carboxylic acids is 2. The van der Waals surface area contributed by atoms with Gasteiger partial charge in [0.25, 0.3) is 11.8 Å². The van der Waals surface area contributed by atoms with Gasteiger partial charge in [-0.1, -0.05) is 6.92 Å². The molecule has 0 saturated heterocycles. The lowest BCUT2D eigenvalue weighted by Gasteiger charge is -2.14. The number of hydrogen-bond donors (Lipinski definition) is 2. The number of amides is 2. The van der Waals surface area contributed by atoms with Crippen LogP contribution >= 0.6 is 15.9 Å². The van der Waals surface area contributed by atoms with E-state index in [2.05, 4.69) is 31.8 Å². The van der Waals surface area contributed by atoms with Crippen molar-refractivity contribution < 1.29 is 28.5 Å².